The Labute approximate surface area is 103 Å². The van der Waals surface area contributed by atoms with Gasteiger partial charge in [-0.25, -0.2) is 9.97 Å². The minimum Gasteiger partial charge on any atom is -0.231 e. The first-order valence-corrected chi connectivity index (χ1v) is 6.82. The summed E-state index contributed by atoms with van der Waals surface area (Å²) in [5.74, 6) is 0.851. The van der Waals surface area contributed by atoms with E-state index in [2.05, 4.69) is 34.1 Å². The summed E-state index contributed by atoms with van der Waals surface area (Å²) in [4.78, 5) is 9.95. The highest BCUT2D eigenvalue weighted by Crippen LogP contribution is 2.16. The van der Waals surface area contributed by atoms with Crippen LogP contribution in [0.4, 0.5) is 0 Å². The highest BCUT2D eigenvalue weighted by molar-refractivity contribution is 7.99. The Balaban J connectivity index is 1.99. The van der Waals surface area contributed by atoms with Gasteiger partial charge in [0.2, 0.25) is 0 Å². The van der Waals surface area contributed by atoms with Crippen LogP contribution < -0.4 is 0 Å². The van der Waals surface area contributed by atoms with Gasteiger partial charge in [-0.2, -0.15) is 0 Å². The van der Waals surface area contributed by atoms with Gasteiger partial charge in [-0.05, 0) is 17.0 Å². The molecule has 0 bridgehead atoms. The Kier molecular flexibility index (Phi) is 4.13. The van der Waals surface area contributed by atoms with E-state index in [-0.39, 0.29) is 0 Å². The highest BCUT2D eigenvalue weighted by Gasteiger charge is 2.00. The maximum Gasteiger partial charge on any atom is 0.187 e. The molecular weight excluding hydrogens is 236 g/mol. The van der Waals surface area contributed by atoms with E-state index < -0.39 is 0 Å². The van der Waals surface area contributed by atoms with Crippen molar-refractivity contribution in [2.45, 2.75) is 11.6 Å². The van der Waals surface area contributed by atoms with Crippen LogP contribution in [0.2, 0.25) is 0 Å². The van der Waals surface area contributed by atoms with Gasteiger partial charge >= 0.3 is 0 Å². The van der Waals surface area contributed by atoms with Crippen LogP contribution in [-0.2, 0) is 6.42 Å². The average Bonchev–Trinajstić information content (AvgIpc) is 2.81. The van der Waals surface area contributed by atoms with Gasteiger partial charge in [-0.15, -0.1) is 17.9 Å². The quantitative estimate of drug-likeness (QED) is 0.461. The van der Waals surface area contributed by atoms with Crippen molar-refractivity contribution < 1.29 is 0 Å². The van der Waals surface area contributed by atoms with Crippen molar-refractivity contribution in [1.82, 2.24) is 9.97 Å². The third kappa shape index (κ3) is 3.18. The smallest absolute Gasteiger partial charge is 0.187 e. The number of nitrogens with zero attached hydrogens (tertiary/aromatic N) is 2. The van der Waals surface area contributed by atoms with E-state index in [9.17, 15) is 0 Å². The summed E-state index contributed by atoms with van der Waals surface area (Å²) in [6, 6.07) is 4.19. The number of hydrogen-bond donors (Lipinski definition) is 0. The van der Waals surface area contributed by atoms with Gasteiger partial charge in [-0.3, -0.25) is 0 Å². The first-order valence-electron chi connectivity index (χ1n) is 4.95. The summed E-state index contributed by atoms with van der Waals surface area (Å²) in [5, 5.41) is 2.90. The lowest BCUT2D eigenvalue weighted by molar-refractivity contribution is 0.938. The molecule has 0 amide bonds. The lowest BCUT2D eigenvalue weighted by Gasteiger charge is -1.99. The van der Waals surface area contributed by atoms with Crippen LogP contribution in [0.25, 0.3) is 0 Å². The van der Waals surface area contributed by atoms with Crippen molar-refractivity contribution in [2.24, 2.45) is 0 Å². The molecule has 0 saturated carbocycles. The number of aromatic nitrogens is 2. The molecule has 0 unspecified atom stereocenters. The number of hydrogen-bond acceptors (Lipinski definition) is 4. The van der Waals surface area contributed by atoms with E-state index in [1.165, 1.54) is 4.88 Å². The molecule has 0 radical (unpaired) electrons. The fourth-order valence-electron chi connectivity index (χ4n) is 1.26. The summed E-state index contributed by atoms with van der Waals surface area (Å²) in [6.45, 7) is 3.67. The van der Waals surface area contributed by atoms with Gasteiger partial charge in [0.25, 0.3) is 0 Å². The molecule has 2 aromatic heterocycles. The van der Waals surface area contributed by atoms with Crippen LogP contribution >= 0.6 is 23.1 Å². The van der Waals surface area contributed by atoms with E-state index in [0.29, 0.717) is 0 Å². The molecule has 0 aliphatic heterocycles. The van der Waals surface area contributed by atoms with Crippen molar-refractivity contribution in [1.29, 1.82) is 0 Å². The van der Waals surface area contributed by atoms with Gasteiger partial charge in [0.1, 0.15) is 0 Å². The third-order valence-electron chi connectivity index (χ3n) is 1.97. The zero-order valence-electron chi connectivity index (χ0n) is 8.80. The van der Waals surface area contributed by atoms with E-state index >= 15 is 0 Å². The Morgan fingerprint density at radius 1 is 1.38 bits per heavy atom. The fraction of sp³-hybridized carbons (Fsp3) is 0.167. The zero-order valence-corrected chi connectivity index (χ0v) is 10.4. The Hall–Kier alpha value is -1.13. The number of rotatable bonds is 5. The minimum atomic E-state index is 0.815. The SMILES string of the molecule is C=CCSc1ncc(Cc2cccs2)cn1. The molecule has 0 aliphatic rings. The lowest BCUT2D eigenvalue weighted by Crippen LogP contribution is -1.91. The summed E-state index contributed by atoms with van der Waals surface area (Å²) in [5.41, 5.74) is 1.16. The molecule has 0 aromatic carbocycles. The largest absolute Gasteiger partial charge is 0.231 e. The fourth-order valence-corrected chi connectivity index (χ4v) is 2.52. The summed E-state index contributed by atoms with van der Waals surface area (Å²) in [6.07, 6.45) is 6.58. The molecule has 0 N–H and O–H groups in total. The number of thiophene rings is 1. The van der Waals surface area contributed by atoms with Crippen molar-refractivity contribution in [3.05, 3.63) is 53.0 Å². The predicted octanol–water partition coefficient (Wildman–Crippen LogP) is 3.41. The zero-order chi connectivity index (χ0) is 11.2. The summed E-state index contributed by atoms with van der Waals surface area (Å²) in [7, 11) is 0. The Morgan fingerprint density at radius 3 is 2.81 bits per heavy atom. The van der Waals surface area contributed by atoms with Gasteiger partial charge in [0.15, 0.2) is 5.16 Å². The molecule has 2 nitrogen and oxygen atoms in total. The summed E-state index contributed by atoms with van der Waals surface area (Å²) >= 11 is 3.36. The molecule has 2 heterocycles. The molecular formula is C12H12N2S2. The highest BCUT2D eigenvalue weighted by atomic mass is 32.2. The van der Waals surface area contributed by atoms with Crippen LogP contribution in [0.5, 0.6) is 0 Å². The van der Waals surface area contributed by atoms with Gasteiger partial charge in [0.05, 0.1) is 0 Å². The van der Waals surface area contributed by atoms with Crippen LogP contribution in [-0.4, -0.2) is 15.7 Å². The maximum atomic E-state index is 4.31. The van der Waals surface area contributed by atoms with Crippen molar-refractivity contribution in [2.75, 3.05) is 5.75 Å². The lowest BCUT2D eigenvalue weighted by atomic mass is 10.2. The Bertz CT molecular complexity index is 435. The molecule has 0 fully saturated rings. The first-order chi connectivity index (χ1) is 7.88. The molecule has 0 atom stereocenters. The van der Waals surface area contributed by atoms with E-state index in [0.717, 1.165) is 22.9 Å². The van der Waals surface area contributed by atoms with Gasteiger partial charge < -0.3 is 0 Å². The van der Waals surface area contributed by atoms with Crippen molar-refractivity contribution in [3.8, 4) is 0 Å². The first kappa shape index (κ1) is 11.4. The topological polar surface area (TPSA) is 25.8 Å². The van der Waals surface area contributed by atoms with Crippen LogP contribution in [0.3, 0.4) is 0 Å². The van der Waals surface area contributed by atoms with Crippen LogP contribution in [0, 0.1) is 0 Å². The molecule has 0 spiro atoms. The monoisotopic (exact) mass is 248 g/mol. The minimum absolute atomic E-state index is 0.815. The van der Waals surface area contributed by atoms with Crippen molar-refractivity contribution >= 4 is 23.1 Å². The van der Waals surface area contributed by atoms with E-state index in [1.54, 1.807) is 23.1 Å². The molecule has 2 rings (SSSR count). The molecule has 2 aromatic rings. The number of thioether (sulfide) groups is 1. The second-order valence-electron chi connectivity index (χ2n) is 3.23. The van der Waals surface area contributed by atoms with E-state index in [1.807, 2.05) is 18.5 Å². The van der Waals surface area contributed by atoms with Gasteiger partial charge in [0, 0.05) is 29.4 Å². The molecule has 4 heteroatoms. The third-order valence-corrected chi connectivity index (χ3v) is 3.72. The maximum absolute atomic E-state index is 4.31. The molecule has 16 heavy (non-hydrogen) atoms. The normalized spacial score (nSPS) is 10.2. The average molecular weight is 248 g/mol. The van der Waals surface area contributed by atoms with Crippen LogP contribution in [0.1, 0.15) is 10.4 Å². The molecule has 82 valence electrons. The van der Waals surface area contributed by atoms with Crippen molar-refractivity contribution in [3.63, 3.8) is 0 Å². The van der Waals surface area contributed by atoms with Crippen LogP contribution in [0.15, 0.2) is 47.7 Å². The molecule has 0 aliphatic carbocycles. The Morgan fingerprint density at radius 2 is 2.19 bits per heavy atom. The van der Waals surface area contributed by atoms with E-state index in [4.69, 9.17) is 0 Å². The second kappa shape index (κ2) is 5.82. The second-order valence-corrected chi connectivity index (χ2v) is 5.25. The molecule has 0 saturated heterocycles. The summed E-state index contributed by atoms with van der Waals surface area (Å²) < 4.78 is 0. The standard InChI is InChI=1S/C12H12N2S2/c1-2-5-16-12-13-8-10(9-14-12)7-11-4-3-6-15-11/h2-4,6,8-9H,1,5,7H2. The van der Waals surface area contributed by atoms with Gasteiger partial charge in [-0.1, -0.05) is 23.9 Å². The predicted molar refractivity (Wildman–Crippen MR) is 70.1 cm³/mol.